The van der Waals surface area contributed by atoms with E-state index < -0.39 is 5.54 Å². The summed E-state index contributed by atoms with van der Waals surface area (Å²) < 4.78 is 24.7. The molecule has 0 radical (unpaired) electrons. The minimum absolute atomic E-state index is 0.255. The fourth-order valence-corrected chi connectivity index (χ4v) is 5.10. The molecule has 0 aromatic heterocycles. The third-order valence-corrected chi connectivity index (χ3v) is 7.94. The number of ether oxygens (including phenoxy) is 4. The molecule has 0 spiro atoms. The predicted octanol–water partition coefficient (Wildman–Crippen LogP) is 10.8. The second kappa shape index (κ2) is 21.3. The number of amides is 1. The molecule has 0 atom stereocenters. The van der Waals surface area contributed by atoms with E-state index >= 15 is 0 Å². The molecule has 264 valence electrons. The maximum atomic E-state index is 14.2. The summed E-state index contributed by atoms with van der Waals surface area (Å²) in [7, 11) is 0. The highest BCUT2D eigenvalue weighted by molar-refractivity contribution is 6.05. The molecule has 0 fully saturated rings. The molecule has 3 rings (SSSR count). The summed E-state index contributed by atoms with van der Waals surface area (Å²) in [5.74, 6) is 2.29. The molecular weight excluding hydrogens is 612 g/mol. The van der Waals surface area contributed by atoms with E-state index in [0.29, 0.717) is 49.4 Å². The topological polar surface area (TPSA) is 78.1 Å². The molecule has 0 unspecified atom stereocenters. The second-order valence-corrected chi connectivity index (χ2v) is 12.5. The predicted molar refractivity (Wildman–Crippen MR) is 206 cm³/mol. The SMILES string of the molecule is C=CCCCCOc1ccc2ccc(OCCCCC=C)c(NC(C)(C)C(=O)Nc3c(OCCCC=C)cccc3OCCCC=C)c2c1. The van der Waals surface area contributed by atoms with Gasteiger partial charge in [-0.25, -0.2) is 0 Å². The van der Waals surface area contributed by atoms with Crippen molar-refractivity contribution >= 4 is 28.1 Å². The van der Waals surface area contributed by atoms with Gasteiger partial charge < -0.3 is 29.6 Å². The van der Waals surface area contributed by atoms with E-state index in [1.165, 1.54) is 0 Å². The Bertz CT molecular complexity index is 1470. The maximum Gasteiger partial charge on any atom is 0.249 e. The Hall–Kier alpha value is -4.65. The van der Waals surface area contributed by atoms with Crippen molar-refractivity contribution in [2.24, 2.45) is 0 Å². The number of nitrogens with one attached hydrogen (secondary N) is 2. The lowest BCUT2D eigenvalue weighted by molar-refractivity contribution is -0.119. The van der Waals surface area contributed by atoms with Crippen LogP contribution < -0.4 is 29.6 Å². The minimum atomic E-state index is -1.08. The van der Waals surface area contributed by atoms with Gasteiger partial charge in [-0.2, -0.15) is 0 Å². The maximum absolute atomic E-state index is 14.2. The summed E-state index contributed by atoms with van der Waals surface area (Å²) in [6, 6.07) is 15.6. The number of unbranched alkanes of at least 4 members (excludes halogenated alkanes) is 6. The molecule has 0 saturated heterocycles. The molecule has 0 aliphatic carbocycles. The van der Waals surface area contributed by atoms with Crippen molar-refractivity contribution in [1.29, 1.82) is 0 Å². The van der Waals surface area contributed by atoms with Gasteiger partial charge in [0.2, 0.25) is 5.91 Å². The molecule has 0 saturated carbocycles. The summed E-state index contributed by atoms with van der Waals surface area (Å²) in [5, 5.41) is 8.60. The summed E-state index contributed by atoms with van der Waals surface area (Å²) in [5.41, 5.74) is 0.156. The van der Waals surface area contributed by atoms with Crippen LogP contribution in [-0.4, -0.2) is 37.9 Å². The molecule has 2 N–H and O–H groups in total. The molecule has 7 nitrogen and oxygen atoms in total. The van der Waals surface area contributed by atoms with Gasteiger partial charge in [0, 0.05) is 5.39 Å². The minimum Gasteiger partial charge on any atom is -0.494 e. The van der Waals surface area contributed by atoms with Crippen molar-refractivity contribution in [3.63, 3.8) is 0 Å². The van der Waals surface area contributed by atoms with Gasteiger partial charge in [0.15, 0.2) is 0 Å². The van der Waals surface area contributed by atoms with Gasteiger partial charge in [-0.1, -0.05) is 42.5 Å². The molecule has 0 aliphatic rings. The van der Waals surface area contributed by atoms with Gasteiger partial charge in [-0.15, -0.1) is 26.3 Å². The van der Waals surface area contributed by atoms with E-state index in [1.807, 2.05) is 86.7 Å². The first-order valence-corrected chi connectivity index (χ1v) is 17.6. The van der Waals surface area contributed by atoms with Crippen LogP contribution in [0.3, 0.4) is 0 Å². The average molecular weight is 669 g/mol. The zero-order valence-corrected chi connectivity index (χ0v) is 29.7. The molecular formula is C42H56N2O5. The van der Waals surface area contributed by atoms with Gasteiger partial charge >= 0.3 is 0 Å². The van der Waals surface area contributed by atoms with Gasteiger partial charge in [-0.3, -0.25) is 4.79 Å². The highest BCUT2D eigenvalue weighted by atomic mass is 16.5. The van der Waals surface area contributed by atoms with Crippen LogP contribution in [0.1, 0.15) is 78.1 Å². The van der Waals surface area contributed by atoms with Gasteiger partial charge in [0.1, 0.15) is 34.2 Å². The molecule has 7 heteroatoms. The van der Waals surface area contributed by atoms with Crippen molar-refractivity contribution in [3.8, 4) is 23.0 Å². The van der Waals surface area contributed by atoms with E-state index in [0.717, 1.165) is 86.4 Å². The number of benzene rings is 3. The van der Waals surface area contributed by atoms with Crippen LogP contribution in [0.15, 0.2) is 99.2 Å². The number of para-hydroxylation sites is 1. The first-order valence-electron chi connectivity index (χ1n) is 17.6. The zero-order chi connectivity index (χ0) is 35.3. The number of carbonyl (C=O) groups excluding carboxylic acids is 1. The summed E-state index contributed by atoms with van der Waals surface area (Å²) in [6.07, 6.45) is 16.6. The lowest BCUT2D eigenvalue weighted by Gasteiger charge is -2.29. The average Bonchev–Trinajstić information content (AvgIpc) is 3.10. The van der Waals surface area contributed by atoms with Gasteiger partial charge in [-0.05, 0) is 114 Å². The molecule has 3 aromatic rings. The fraction of sp³-hybridized carbons (Fsp3) is 0.405. The number of allylic oxidation sites excluding steroid dienone is 4. The largest absolute Gasteiger partial charge is 0.494 e. The van der Waals surface area contributed by atoms with Crippen molar-refractivity contribution in [2.75, 3.05) is 37.1 Å². The second-order valence-electron chi connectivity index (χ2n) is 12.5. The monoisotopic (exact) mass is 668 g/mol. The summed E-state index contributed by atoms with van der Waals surface area (Å²) in [4.78, 5) is 14.2. The third kappa shape index (κ3) is 12.7. The smallest absolute Gasteiger partial charge is 0.249 e. The van der Waals surface area contributed by atoms with Crippen LogP contribution in [-0.2, 0) is 4.79 Å². The lowest BCUT2D eigenvalue weighted by atomic mass is 10.0. The molecule has 0 heterocycles. The Balaban J connectivity index is 1.92. The third-order valence-electron chi connectivity index (χ3n) is 7.94. The first-order chi connectivity index (χ1) is 23.8. The number of fused-ring (bicyclic) bond motifs is 1. The standard InChI is InChI=1S/C42H56N2O5/c1-7-11-15-19-28-46-34-26-24-33-25-27-38(49-31-20-16-12-8-2)39(35(33)32-34)44-42(5,6)41(45)43-40-36(47-29-17-13-9-3)22-21-23-37(40)48-30-18-14-10-4/h7-10,21-27,32,44H,1-4,11-20,28-31H2,5-6H3,(H,43,45). The van der Waals surface area contributed by atoms with Crippen LogP contribution in [0.25, 0.3) is 10.8 Å². The highest BCUT2D eigenvalue weighted by Gasteiger charge is 2.31. The van der Waals surface area contributed by atoms with E-state index in [-0.39, 0.29) is 5.91 Å². The van der Waals surface area contributed by atoms with Crippen LogP contribution in [0, 0.1) is 0 Å². The normalized spacial score (nSPS) is 11.0. The van der Waals surface area contributed by atoms with Crippen molar-refractivity contribution < 1.29 is 23.7 Å². The van der Waals surface area contributed by atoms with E-state index in [1.54, 1.807) is 0 Å². The Morgan fingerprint density at radius 2 is 1.12 bits per heavy atom. The number of hydrogen-bond donors (Lipinski definition) is 2. The van der Waals surface area contributed by atoms with Gasteiger partial charge in [0.05, 0.1) is 32.1 Å². The fourth-order valence-electron chi connectivity index (χ4n) is 5.10. The Morgan fingerprint density at radius 3 is 1.69 bits per heavy atom. The summed E-state index contributed by atoms with van der Waals surface area (Å²) >= 11 is 0. The highest BCUT2D eigenvalue weighted by Crippen LogP contribution is 2.39. The molecule has 1 amide bonds. The van der Waals surface area contributed by atoms with E-state index in [9.17, 15) is 4.79 Å². The van der Waals surface area contributed by atoms with Crippen molar-refractivity contribution in [1.82, 2.24) is 0 Å². The van der Waals surface area contributed by atoms with Crippen LogP contribution in [0.4, 0.5) is 11.4 Å². The van der Waals surface area contributed by atoms with E-state index in [4.69, 9.17) is 18.9 Å². The quantitative estimate of drug-likeness (QED) is 0.0655. The number of rotatable bonds is 26. The number of hydrogen-bond acceptors (Lipinski definition) is 6. The van der Waals surface area contributed by atoms with Crippen LogP contribution >= 0.6 is 0 Å². The molecule has 0 bridgehead atoms. The van der Waals surface area contributed by atoms with Crippen molar-refractivity contribution in [2.45, 2.75) is 83.6 Å². The zero-order valence-electron chi connectivity index (χ0n) is 29.7. The number of carbonyl (C=O) groups is 1. The first kappa shape index (κ1) is 38.8. The Kier molecular flexibility index (Phi) is 16.9. The summed E-state index contributed by atoms with van der Waals surface area (Å²) in [6.45, 7) is 21.1. The van der Waals surface area contributed by atoms with Gasteiger partial charge in [0.25, 0.3) is 0 Å². The molecule has 0 aliphatic heterocycles. The molecule has 3 aromatic carbocycles. The number of anilines is 2. The van der Waals surface area contributed by atoms with E-state index in [2.05, 4.69) is 36.9 Å². The Morgan fingerprint density at radius 1 is 0.633 bits per heavy atom. The lowest BCUT2D eigenvalue weighted by Crippen LogP contribution is -2.44. The van der Waals surface area contributed by atoms with Crippen LogP contribution in [0.5, 0.6) is 23.0 Å². The Labute approximate surface area is 294 Å². The molecule has 49 heavy (non-hydrogen) atoms. The van der Waals surface area contributed by atoms with Crippen molar-refractivity contribution in [3.05, 3.63) is 99.2 Å². The van der Waals surface area contributed by atoms with Crippen LogP contribution in [0.2, 0.25) is 0 Å².